The molecular weight excluding hydrogens is 797 g/mol. The number of hydrogen-bond donors (Lipinski definition) is 4. The first kappa shape index (κ1) is 41.4. The maximum Gasteiger partial charge on any atom is 0.407 e. The summed E-state index contributed by atoms with van der Waals surface area (Å²) in [6, 6.07) is 26.7. The van der Waals surface area contributed by atoms with Crippen molar-refractivity contribution in [1.82, 2.24) is 40.4 Å². The van der Waals surface area contributed by atoms with E-state index in [4.69, 9.17) is 19.4 Å². The number of aromatic nitrogens is 4. The highest BCUT2D eigenvalue weighted by Crippen LogP contribution is 2.40. The maximum atomic E-state index is 14.1. The number of rotatable bonds is 10. The number of carbonyl (C=O) groups excluding carboxylic acids is 4. The van der Waals surface area contributed by atoms with Crippen LogP contribution in [0.5, 0.6) is 0 Å². The highest BCUT2D eigenvalue weighted by molar-refractivity contribution is 5.91. The molecule has 2 saturated heterocycles. The number of aryl methyl sites for hydroxylation is 2. The number of H-pyrrole nitrogens is 2. The number of alkyl carbamates (subject to hydrolysis) is 2. The van der Waals surface area contributed by atoms with E-state index in [9.17, 15) is 19.2 Å². The number of aromatic amines is 2. The SMILES string of the molecule is COC(=O)N[C@H](C(=O)N1CCC[C@H]1c1ncc(-c2ccc3cc(-c4ccc5c(c4)CCc4[nH]c([C@@H]6CCCN6C(=O)[C@H](NC(=O)OC)c6ccccc6)nc4-5)ccc3c2)[nH]1)C(C)C.[HH].[HH].[HH].[HH]. The maximum absolute atomic E-state index is 14.1. The van der Waals surface area contributed by atoms with E-state index in [1.165, 1.54) is 19.8 Å². The summed E-state index contributed by atoms with van der Waals surface area (Å²) in [7, 11) is 2.59. The third-order valence-electron chi connectivity index (χ3n) is 12.8. The van der Waals surface area contributed by atoms with Crippen molar-refractivity contribution in [2.45, 2.75) is 76.5 Å². The van der Waals surface area contributed by atoms with Crippen molar-refractivity contribution in [1.29, 1.82) is 0 Å². The van der Waals surface area contributed by atoms with Crippen molar-refractivity contribution >= 4 is 34.8 Å². The number of likely N-dealkylation sites (tertiary alicyclic amines) is 2. The van der Waals surface area contributed by atoms with Crippen LogP contribution in [0.25, 0.3) is 44.4 Å². The molecule has 2 fully saturated rings. The van der Waals surface area contributed by atoms with E-state index in [2.05, 4.69) is 75.2 Å². The van der Waals surface area contributed by atoms with Crippen molar-refractivity contribution in [3.8, 4) is 33.6 Å². The molecule has 0 radical (unpaired) electrons. The molecular formula is C49H60N8O6. The molecule has 4 atom stereocenters. The molecule has 14 nitrogen and oxygen atoms in total. The fourth-order valence-corrected chi connectivity index (χ4v) is 9.49. The Labute approximate surface area is 371 Å². The average Bonchev–Trinajstić information content (AvgIpc) is 4.16. The second-order valence-corrected chi connectivity index (χ2v) is 17.0. The van der Waals surface area contributed by atoms with Gasteiger partial charge in [0.15, 0.2) is 0 Å². The molecule has 14 heteroatoms. The Hall–Kier alpha value is -6.96. The van der Waals surface area contributed by atoms with E-state index in [1.807, 2.05) is 60.2 Å². The Morgan fingerprint density at radius 2 is 1.37 bits per heavy atom. The zero-order chi connectivity index (χ0) is 43.8. The van der Waals surface area contributed by atoms with Crippen LogP contribution < -0.4 is 10.6 Å². The number of methoxy groups -OCH3 is 2. The summed E-state index contributed by atoms with van der Waals surface area (Å²) in [5.41, 5.74) is 9.15. The standard InChI is InChI=1S/C49H52N8O6.4H2/c1-28(2)41(54-48(60)62-3)46(58)56-22-8-12-39(56)44-50-27-38(52-44)35-17-16-31-24-30(14-15-32(31)26-35)33-18-20-36-34(25-33)19-21-37-43(36)53-45(51-37)40-13-9-23-57(40)47(59)42(55-49(61)63-4)29-10-6-5-7-11-29;;;;/h5-7,10-11,14-18,20,24-28,39-42H,8-9,12-13,19,21-23H2,1-4H3,(H,50,52)(H,51,53)(H,54,60)(H,55,61);4*1H/t39-,40-,41-,42+;;;;/m0..../s1. The largest absolute Gasteiger partial charge is 0.453 e. The predicted molar refractivity (Wildman–Crippen MR) is 247 cm³/mol. The lowest BCUT2D eigenvalue weighted by Gasteiger charge is -2.30. The van der Waals surface area contributed by atoms with Crippen LogP contribution in [0.4, 0.5) is 9.59 Å². The predicted octanol–water partition coefficient (Wildman–Crippen LogP) is 9.17. The highest BCUT2D eigenvalue weighted by Gasteiger charge is 2.39. The Balaban J connectivity index is 0.00000210. The topological polar surface area (TPSA) is 175 Å². The van der Waals surface area contributed by atoms with Crippen molar-refractivity contribution in [2.24, 2.45) is 5.92 Å². The van der Waals surface area contributed by atoms with Crippen LogP contribution in [0.1, 0.15) is 91.8 Å². The molecule has 9 rings (SSSR count). The van der Waals surface area contributed by atoms with Gasteiger partial charge in [0.05, 0.1) is 43.9 Å². The summed E-state index contributed by atoms with van der Waals surface area (Å²) in [5.74, 6) is 1.07. The summed E-state index contributed by atoms with van der Waals surface area (Å²) in [6.45, 7) is 4.98. The van der Waals surface area contributed by atoms with Gasteiger partial charge in [0.2, 0.25) is 5.91 Å². The molecule has 4 heterocycles. The van der Waals surface area contributed by atoms with Crippen LogP contribution in [-0.4, -0.2) is 87.1 Å². The van der Waals surface area contributed by atoms with E-state index in [0.29, 0.717) is 18.7 Å². The number of hydrogen-bond acceptors (Lipinski definition) is 8. The number of imidazole rings is 2. The summed E-state index contributed by atoms with van der Waals surface area (Å²) >= 11 is 0. The summed E-state index contributed by atoms with van der Waals surface area (Å²) in [5, 5.41) is 7.67. The fourth-order valence-electron chi connectivity index (χ4n) is 9.49. The van der Waals surface area contributed by atoms with Crippen molar-refractivity contribution in [2.75, 3.05) is 27.3 Å². The van der Waals surface area contributed by atoms with Gasteiger partial charge in [0, 0.05) is 35.6 Å². The number of nitrogens with one attached hydrogen (secondary N) is 4. The van der Waals surface area contributed by atoms with Gasteiger partial charge in [-0.25, -0.2) is 19.6 Å². The van der Waals surface area contributed by atoms with Crippen molar-refractivity contribution in [3.63, 3.8) is 0 Å². The lowest BCUT2D eigenvalue weighted by atomic mass is 9.89. The monoisotopic (exact) mass is 856 g/mol. The third-order valence-corrected chi connectivity index (χ3v) is 12.8. The van der Waals surface area contributed by atoms with Crippen molar-refractivity contribution < 1.29 is 34.4 Å². The van der Waals surface area contributed by atoms with E-state index >= 15 is 0 Å². The number of benzene rings is 4. The van der Waals surface area contributed by atoms with Crippen LogP contribution in [0.3, 0.4) is 0 Å². The van der Waals surface area contributed by atoms with Crippen LogP contribution in [0.15, 0.2) is 91.1 Å². The number of ether oxygens (including phenoxy) is 2. The highest BCUT2D eigenvalue weighted by atomic mass is 16.5. The zero-order valence-electron chi connectivity index (χ0n) is 35.9. The number of fused-ring (bicyclic) bond motifs is 4. The Kier molecular flexibility index (Phi) is 11.5. The second kappa shape index (κ2) is 17.4. The van der Waals surface area contributed by atoms with Crippen LogP contribution in [-0.2, 0) is 31.9 Å². The smallest absolute Gasteiger partial charge is 0.407 e. The molecule has 0 bridgehead atoms. The Morgan fingerprint density at radius 1 is 0.730 bits per heavy atom. The minimum Gasteiger partial charge on any atom is -0.453 e. The molecule has 4 amide bonds. The molecule has 1 aliphatic carbocycles. The molecule has 0 saturated carbocycles. The molecule has 63 heavy (non-hydrogen) atoms. The Morgan fingerprint density at radius 3 is 2.08 bits per heavy atom. The first-order valence-corrected chi connectivity index (χ1v) is 21.8. The first-order valence-electron chi connectivity index (χ1n) is 21.8. The normalized spacial score (nSPS) is 17.9. The van der Waals surface area contributed by atoms with E-state index in [0.717, 1.165) is 100 Å². The minimum atomic E-state index is -0.874. The lowest BCUT2D eigenvalue weighted by Crippen LogP contribution is -2.51. The summed E-state index contributed by atoms with van der Waals surface area (Å²) in [6.07, 6.45) is 5.46. The van der Waals surface area contributed by atoms with E-state index in [-0.39, 0.29) is 35.5 Å². The molecule has 2 aromatic heterocycles. The van der Waals surface area contributed by atoms with Gasteiger partial charge in [-0.05, 0) is 89.6 Å². The van der Waals surface area contributed by atoms with Gasteiger partial charge >= 0.3 is 12.2 Å². The molecule has 3 aliphatic rings. The zero-order valence-corrected chi connectivity index (χ0v) is 35.9. The quantitative estimate of drug-likeness (QED) is 0.106. The third kappa shape index (κ3) is 8.13. The molecule has 2 aliphatic heterocycles. The first-order chi connectivity index (χ1) is 30.6. The molecule has 4 aromatic carbocycles. The number of amides is 4. The Bertz CT molecular complexity index is 2710. The summed E-state index contributed by atoms with van der Waals surface area (Å²) < 4.78 is 9.65. The van der Waals surface area contributed by atoms with Crippen LogP contribution in [0.2, 0.25) is 0 Å². The van der Waals surface area contributed by atoms with Gasteiger partial charge in [-0.1, -0.05) is 86.6 Å². The van der Waals surface area contributed by atoms with Gasteiger partial charge in [-0.2, -0.15) is 0 Å². The van der Waals surface area contributed by atoms with E-state index < -0.39 is 24.3 Å². The lowest BCUT2D eigenvalue weighted by molar-refractivity contribution is -0.135. The molecule has 0 spiro atoms. The molecule has 6 aromatic rings. The van der Waals surface area contributed by atoms with Gasteiger partial charge in [0.25, 0.3) is 5.91 Å². The summed E-state index contributed by atoms with van der Waals surface area (Å²) in [4.78, 5) is 72.7. The van der Waals surface area contributed by atoms with Crippen LogP contribution >= 0.6 is 0 Å². The van der Waals surface area contributed by atoms with E-state index in [1.54, 1.807) is 0 Å². The average molecular weight is 857 g/mol. The van der Waals surface area contributed by atoms with Crippen LogP contribution in [0, 0.1) is 5.92 Å². The fraction of sp³-hybridized carbons (Fsp3) is 0.347. The van der Waals surface area contributed by atoms with Gasteiger partial charge in [-0.3, -0.25) is 9.59 Å². The minimum absolute atomic E-state index is 0. The molecule has 0 unspecified atom stereocenters. The van der Waals surface area contributed by atoms with Gasteiger partial charge < -0.3 is 39.9 Å². The number of nitrogens with zero attached hydrogens (tertiary/aromatic N) is 4. The van der Waals surface area contributed by atoms with Gasteiger partial charge in [-0.15, -0.1) is 0 Å². The second-order valence-electron chi connectivity index (χ2n) is 17.0. The molecule has 4 N–H and O–H groups in total. The van der Waals surface area contributed by atoms with Gasteiger partial charge in [0.1, 0.15) is 23.7 Å². The van der Waals surface area contributed by atoms with Crippen molar-refractivity contribution in [3.05, 3.63) is 120 Å². The molecule has 332 valence electrons. The number of carbonyl (C=O) groups is 4.